The van der Waals surface area contributed by atoms with Gasteiger partial charge in [-0.15, -0.1) is 13.2 Å². The highest BCUT2D eigenvalue weighted by Crippen LogP contribution is 2.32. The van der Waals surface area contributed by atoms with Crippen LogP contribution in [0.5, 0.6) is 5.75 Å². The average Bonchev–Trinajstić information content (AvgIpc) is 2.24. The van der Waals surface area contributed by atoms with Crippen LogP contribution in [-0.2, 0) is 15.5 Å². The Morgan fingerprint density at radius 3 is 2.37 bits per heavy atom. The lowest BCUT2D eigenvalue weighted by atomic mass is 10.1. The van der Waals surface area contributed by atoms with Gasteiger partial charge < -0.3 is 4.74 Å². The summed E-state index contributed by atoms with van der Waals surface area (Å²) >= 11 is 0. The maximum atomic E-state index is 12.2. The summed E-state index contributed by atoms with van der Waals surface area (Å²) in [7, 11) is 0.788. The second-order valence-corrected chi connectivity index (χ2v) is 5.96. The van der Waals surface area contributed by atoms with Crippen LogP contribution in [0.2, 0.25) is 0 Å². The maximum absolute atomic E-state index is 12.2. The molecule has 0 aromatic heterocycles. The van der Waals surface area contributed by atoms with Gasteiger partial charge in [0, 0.05) is 22.3 Å². The number of hydrogen-bond donors (Lipinski definition) is 0. The molecular weight excluding hydrogens is 307 g/mol. The molecule has 0 aliphatic heterocycles. The van der Waals surface area contributed by atoms with Crippen molar-refractivity contribution < 1.29 is 26.3 Å². The van der Waals surface area contributed by atoms with Crippen LogP contribution in [-0.4, -0.2) is 14.8 Å². The summed E-state index contributed by atoms with van der Waals surface area (Å²) in [5.74, 6) is -0.742. The summed E-state index contributed by atoms with van der Waals surface area (Å²) in [4.78, 5) is -0.623. The Kier molecular flexibility index (Phi) is 4.32. The molecule has 0 radical (unpaired) electrons. The van der Waals surface area contributed by atoms with Gasteiger partial charge in [-0.3, -0.25) is 0 Å². The number of benzene rings is 1. The molecule has 0 saturated heterocycles. The van der Waals surface area contributed by atoms with E-state index in [-0.39, 0.29) is 17.5 Å². The van der Waals surface area contributed by atoms with Gasteiger partial charge in [0.05, 0.1) is 16.5 Å². The van der Waals surface area contributed by atoms with E-state index in [0.717, 1.165) is 6.07 Å². The molecular formula is C10H7ClF3NO3S. The van der Waals surface area contributed by atoms with E-state index in [2.05, 4.69) is 4.74 Å². The van der Waals surface area contributed by atoms with Gasteiger partial charge in [-0.1, -0.05) is 6.92 Å². The molecule has 0 amide bonds. The fourth-order valence-corrected chi connectivity index (χ4v) is 2.21. The molecule has 9 heteroatoms. The predicted molar refractivity (Wildman–Crippen MR) is 60.3 cm³/mol. The molecule has 0 bridgehead atoms. The normalized spacial score (nSPS) is 12.0. The molecule has 0 N–H and O–H groups in total. The van der Waals surface area contributed by atoms with Crippen molar-refractivity contribution in [3.8, 4) is 11.8 Å². The minimum Gasteiger partial charge on any atom is -0.405 e. The quantitative estimate of drug-likeness (QED) is 0.805. The Labute approximate surface area is 111 Å². The number of nitriles is 1. The summed E-state index contributed by atoms with van der Waals surface area (Å²) in [6.45, 7) is 1.51. The van der Waals surface area contributed by atoms with Gasteiger partial charge in [0.2, 0.25) is 0 Å². The maximum Gasteiger partial charge on any atom is 0.573 e. The lowest BCUT2D eigenvalue weighted by Crippen LogP contribution is -2.18. The van der Waals surface area contributed by atoms with Crippen LogP contribution in [0, 0.1) is 11.3 Å². The minimum absolute atomic E-state index is 0.0381. The third-order valence-corrected chi connectivity index (χ3v) is 3.50. The van der Waals surface area contributed by atoms with Crippen molar-refractivity contribution in [3.05, 3.63) is 23.3 Å². The van der Waals surface area contributed by atoms with Crippen molar-refractivity contribution in [2.45, 2.75) is 24.6 Å². The average molecular weight is 314 g/mol. The van der Waals surface area contributed by atoms with E-state index in [4.69, 9.17) is 15.9 Å². The van der Waals surface area contributed by atoms with Crippen LogP contribution in [0.25, 0.3) is 0 Å². The first kappa shape index (κ1) is 15.6. The number of rotatable bonds is 3. The van der Waals surface area contributed by atoms with Crippen molar-refractivity contribution in [1.82, 2.24) is 0 Å². The van der Waals surface area contributed by atoms with E-state index in [1.807, 2.05) is 0 Å². The molecule has 0 spiro atoms. The molecule has 0 atom stereocenters. The first-order valence-corrected chi connectivity index (χ1v) is 7.17. The number of ether oxygens (including phenoxy) is 1. The highest BCUT2D eigenvalue weighted by atomic mass is 35.7. The molecule has 1 aromatic rings. The molecule has 4 nitrogen and oxygen atoms in total. The van der Waals surface area contributed by atoms with Crippen LogP contribution in [0.1, 0.15) is 18.1 Å². The second kappa shape index (κ2) is 5.27. The van der Waals surface area contributed by atoms with E-state index in [1.54, 1.807) is 6.07 Å². The zero-order valence-corrected chi connectivity index (χ0v) is 11.0. The second-order valence-electron chi connectivity index (χ2n) is 3.40. The van der Waals surface area contributed by atoms with Crippen LogP contribution in [0.3, 0.4) is 0 Å². The molecule has 0 saturated carbocycles. The van der Waals surface area contributed by atoms with Crippen LogP contribution >= 0.6 is 10.7 Å². The monoisotopic (exact) mass is 313 g/mol. The zero-order chi connectivity index (χ0) is 14.8. The summed E-state index contributed by atoms with van der Waals surface area (Å²) in [6.07, 6.45) is -4.93. The number of alkyl halides is 3. The predicted octanol–water partition coefficient (Wildman–Crippen LogP) is 2.95. The standard InChI is InChI=1S/C10H7ClF3NO3S/c1-2-8-6(5-15)3-7(19(11,16)17)4-9(8)18-10(12,13)14/h3-4H,2H2,1H3. The van der Waals surface area contributed by atoms with Crippen LogP contribution in [0.15, 0.2) is 17.0 Å². The van der Waals surface area contributed by atoms with Crippen molar-refractivity contribution >= 4 is 19.7 Å². The molecule has 1 aromatic carbocycles. The number of halogens is 4. The first-order valence-electron chi connectivity index (χ1n) is 4.86. The summed E-state index contributed by atoms with van der Waals surface area (Å²) < 4.78 is 62.7. The van der Waals surface area contributed by atoms with Gasteiger partial charge in [-0.25, -0.2) is 8.42 Å². The first-order chi connectivity index (χ1) is 8.58. The van der Waals surface area contributed by atoms with E-state index < -0.39 is 26.1 Å². The fraction of sp³-hybridized carbons (Fsp3) is 0.300. The van der Waals surface area contributed by atoms with Gasteiger partial charge in [0.1, 0.15) is 5.75 Å². The van der Waals surface area contributed by atoms with E-state index in [0.29, 0.717) is 6.07 Å². The molecule has 1 rings (SSSR count). The lowest BCUT2D eigenvalue weighted by Gasteiger charge is -2.14. The molecule has 19 heavy (non-hydrogen) atoms. The van der Waals surface area contributed by atoms with Gasteiger partial charge in [-0.05, 0) is 12.5 Å². The van der Waals surface area contributed by atoms with Crippen molar-refractivity contribution in [1.29, 1.82) is 5.26 Å². The smallest absolute Gasteiger partial charge is 0.405 e. The van der Waals surface area contributed by atoms with Crippen LogP contribution < -0.4 is 4.74 Å². The van der Waals surface area contributed by atoms with Gasteiger partial charge in [-0.2, -0.15) is 5.26 Å². The topological polar surface area (TPSA) is 67.2 Å². The van der Waals surface area contributed by atoms with E-state index >= 15 is 0 Å². The SMILES string of the molecule is CCc1c(C#N)cc(S(=O)(=O)Cl)cc1OC(F)(F)F. The van der Waals surface area contributed by atoms with E-state index in [1.165, 1.54) is 6.92 Å². The third kappa shape index (κ3) is 4.01. The largest absolute Gasteiger partial charge is 0.573 e. The Morgan fingerprint density at radius 2 is 2.00 bits per heavy atom. The summed E-state index contributed by atoms with van der Waals surface area (Å²) in [5.41, 5.74) is -0.271. The Hall–Kier alpha value is -1.46. The van der Waals surface area contributed by atoms with Gasteiger partial charge in [0.15, 0.2) is 0 Å². The molecule has 0 aliphatic rings. The van der Waals surface area contributed by atoms with Crippen LogP contribution in [0.4, 0.5) is 13.2 Å². The van der Waals surface area contributed by atoms with Crippen molar-refractivity contribution in [2.75, 3.05) is 0 Å². The van der Waals surface area contributed by atoms with Crippen molar-refractivity contribution in [3.63, 3.8) is 0 Å². The molecule has 0 fully saturated rings. The third-order valence-electron chi connectivity index (χ3n) is 2.16. The highest BCUT2D eigenvalue weighted by molar-refractivity contribution is 8.13. The summed E-state index contributed by atoms with van der Waals surface area (Å²) in [6, 6.07) is 3.17. The Morgan fingerprint density at radius 1 is 1.42 bits per heavy atom. The Balaban J connectivity index is 3.55. The van der Waals surface area contributed by atoms with Crippen molar-refractivity contribution in [2.24, 2.45) is 0 Å². The summed E-state index contributed by atoms with van der Waals surface area (Å²) in [5, 5.41) is 8.84. The molecule has 0 aliphatic carbocycles. The molecule has 0 unspecified atom stereocenters. The molecule has 104 valence electrons. The minimum atomic E-state index is -4.99. The number of hydrogen-bond acceptors (Lipinski definition) is 4. The molecule has 0 heterocycles. The highest BCUT2D eigenvalue weighted by Gasteiger charge is 2.33. The van der Waals surface area contributed by atoms with Gasteiger partial charge >= 0.3 is 6.36 Å². The van der Waals surface area contributed by atoms with Gasteiger partial charge in [0.25, 0.3) is 9.05 Å². The fourth-order valence-electron chi connectivity index (χ4n) is 1.44. The number of nitrogens with zero attached hydrogens (tertiary/aromatic N) is 1. The van der Waals surface area contributed by atoms with E-state index in [9.17, 15) is 21.6 Å². The lowest BCUT2D eigenvalue weighted by molar-refractivity contribution is -0.275. The zero-order valence-electron chi connectivity index (χ0n) is 9.45. The Bertz CT molecular complexity index is 635.